The predicted octanol–water partition coefficient (Wildman–Crippen LogP) is 3.04. The number of nitrogens with zero attached hydrogens (tertiary/aromatic N) is 2. The standard InChI is InChI=1S/C17H15F5N4O.ClH/c18-11-5-14(24-7-11)16(27)25-8-12-3-9(4-15(19)26-12)13-2-1-10(6-23-13)17(20,21)22;/h1-4,6,11,14,24H,5,7-8H2,(H,25,27);1H/t11-,14+;/m1./s1. The molecule has 0 aliphatic carbocycles. The van der Waals surface area contributed by atoms with Gasteiger partial charge in [0.15, 0.2) is 0 Å². The third-order valence-electron chi connectivity index (χ3n) is 4.07. The largest absolute Gasteiger partial charge is 0.417 e. The van der Waals surface area contributed by atoms with E-state index in [1.54, 1.807) is 0 Å². The summed E-state index contributed by atoms with van der Waals surface area (Å²) >= 11 is 0. The summed E-state index contributed by atoms with van der Waals surface area (Å²) in [6, 6.07) is 3.77. The van der Waals surface area contributed by atoms with Gasteiger partial charge in [0.1, 0.15) is 6.17 Å². The van der Waals surface area contributed by atoms with Gasteiger partial charge in [0, 0.05) is 30.8 Å². The van der Waals surface area contributed by atoms with Gasteiger partial charge in [0.25, 0.3) is 0 Å². The van der Waals surface area contributed by atoms with Crippen LogP contribution in [-0.2, 0) is 17.5 Å². The van der Waals surface area contributed by atoms with Crippen molar-refractivity contribution in [2.75, 3.05) is 6.54 Å². The van der Waals surface area contributed by atoms with Crippen LogP contribution in [-0.4, -0.2) is 34.6 Å². The van der Waals surface area contributed by atoms with Crippen LogP contribution in [0.25, 0.3) is 11.3 Å². The number of carbonyl (C=O) groups excluding carboxylic acids is 1. The molecular weight excluding hydrogens is 407 g/mol. The zero-order valence-electron chi connectivity index (χ0n) is 14.3. The fourth-order valence-electron chi connectivity index (χ4n) is 2.72. The topological polar surface area (TPSA) is 66.9 Å². The number of carbonyl (C=O) groups is 1. The van der Waals surface area contributed by atoms with Crippen molar-refractivity contribution in [2.45, 2.75) is 31.4 Å². The second-order valence-electron chi connectivity index (χ2n) is 6.11. The molecule has 2 aromatic heterocycles. The van der Waals surface area contributed by atoms with Crippen LogP contribution >= 0.6 is 12.4 Å². The highest BCUT2D eigenvalue weighted by Crippen LogP contribution is 2.29. The fourth-order valence-corrected chi connectivity index (χ4v) is 2.72. The van der Waals surface area contributed by atoms with E-state index >= 15 is 0 Å². The summed E-state index contributed by atoms with van der Waals surface area (Å²) < 4.78 is 64.7. The molecule has 28 heavy (non-hydrogen) atoms. The lowest BCUT2D eigenvalue weighted by molar-refractivity contribution is -0.137. The molecule has 2 aromatic rings. The van der Waals surface area contributed by atoms with E-state index < -0.39 is 35.8 Å². The molecule has 0 aromatic carbocycles. The normalized spacial score (nSPS) is 19.2. The highest BCUT2D eigenvalue weighted by atomic mass is 35.5. The van der Waals surface area contributed by atoms with E-state index in [9.17, 15) is 26.7 Å². The van der Waals surface area contributed by atoms with Crippen molar-refractivity contribution in [3.63, 3.8) is 0 Å². The lowest BCUT2D eigenvalue weighted by Gasteiger charge is -2.11. The fraction of sp³-hybridized carbons (Fsp3) is 0.353. The summed E-state index contributed by atoms with van der Waals surface area (Å²) in [6.07, 6.45) is -4.89. The molecule has 0 bridgehead atoms. The van der Waals surface area contributed by atoms with Gasteiger partial charge < -0.3 is 10.6 Å². The van der Waals surface area contributed by atoms with Gasteiger partial charge in [-0.15, -0.1) is 12.4 Å². The molecule has 3 heterocycles. The van der Waals surface area contributed by atoms with E-state index in [0.29, 0.717) is 6.20 Å². The van der Waals surface area contributed by atoms with Crippen LogP contribution in [0, 0.1) is 5.95 Å². The molecule has 0 saturated carbocycles. The highest BCUT2D eigenvalue weighted by Gasteiger charge is 2.31. The lowest BCUT2D eigenvalue weighted by atomic mass is 10.1. The van der Waals surface area contributed by atoms with Gasteiger partial charge in [0.2, 0.25) is 11.9 Å². The zero-order chi connectivity index (χ0) is 19.6. The van der Waals surface area contributed by atoms with Crippen molar-refractivity contribution in [3.8, 4) is 11.3 Å². The van der Waals surface area contributed by atoms with Crippen LogP contribution < -0.4 is 10.6 Å². The first-order chi connectivity index (χ1) is 12.7. The number of halogens is 6. The molecule has 1 aliphatic rings. The average molecular weight is 423 g/mol. The first kappa shape index (κ1) is 22.0. The van der Waals surface area contributed by atoms with E-state index in [-0.39, 0.29) is 48.9 Å². The Balaban J connectivity index is 0.00000280. The number of amides is 1. The van der Waals surface area contributed by atoms with Gasteiger partial charge in [-0.2, -0.15) is 17.6 Å². The second-order valence-corrected chi connectivity index (χ2v) is 6.11. The van der Waals surface area contributed by atoms with Gasteiger partial charge in [-0.25, -0.2) is 9.37 Å². The van der Waals surface area contributed by atoms with Crippen LogP contribution in [0.1, 0.15) is 17.7 Å². The summed E-state index contributed by atoms with van der Waals surface area (Å²) in [4.78, 5) is 19.3. The number of rotatable bonds is 4. The zero-order valence-corrected chi connectivity index (χ0v) is 15.1. The monoisotopic (exact) mass is 422 g/mol. The maximum Gasteiger partial charge on any atom is 0.417 e. The van der Waals surface area contributed by atoms with E-state index in [1.165, 1.54) is 6.07 Å². The molecule has 1 saturated heterocycles. The Morgan fingerprint density at radius 2 is 2.04 bits per heavy atom. The van der Waals surface area contributed by atoms with Crippen molar-refractivity contribution >= 4 is 18.3 Å². The first-order valence-corrected chi connectivity index (χ1v) is 8.07. The molecule has 1 amide bonds. The van der Waals surface area contributed by atoms with Crippen molar-refractivity contribution in [3.05, 3.63) is 47.7 Å². The second kappa shape index (κ2) is 8.78. The smallest absolute Gasteiger partial charge is 0.349 e. The Labute approximate surface area is 163 Å². The van der Waals surface area contributed by atoms with Crippen LogP contribution in [0.4, 0.5) is 22.0 Å². The molecule has 5 nitrogen and oxygen atoms in total. The average Bonchev–Trinajstić information content (AvgIpc) is 3.05. The molecule has 3 rings (SSSR count). The lowest BCUT2D eigenvalue weighted by Crippen LogP contribution is -2.40. The first-order valence-electron chi connectivity index (χ1n) is 8.07. The number of hydrogen-bond donors (Lipinski definition) is 2. The molecule has 2 atom stereocenters. The molecule has 0 radical (unpaired) electrons. The molecule has 1 fully saturated rings. The van der Waals surface area contributed by atoms with Gasteiger partial charge >= 0.3 is 6.18 Å². The van der Waals surface area contributed by atoms with Crippen molar-refractivity contribution in [1.29, 1.82) is 0 Å². The van der Waals surface area contributed by atoms with Gasteiger partial charge in [-0.1, -0.05) is 0 Å². The number of aromatic nitrogens is 2. The number of nitrogens with one attached hydrogen (secondary N) is 2. The number of hydrogen-bond acceptors (Lipinski definition) is 4. The Bertz CT molecular complexity index is 831. The van der Waals surface area contributed by atoms with Gasteiger partial charge in [-0.3, -0.25) is 9.78 Å². The summed E-state index contributed by atoms with van der Waals surface area (Å²) in [7, 11) is 0. The predicted molar refractivity (Wildman–Crippen MR) is 92.8 cm³/mol. The van der Waals surface area contributed by atoms with Crippen LogP contribution in [0.3, 0.4) is 0 Å². The minimum Gasteiger partial charge on any atom is -0.349 e. The number of alkyl halides is 4. The van der Waals surface area contributed by atoms with E-state index in [1.807, 2.05) is 0 Å². The molecule has 0 unspecified atom stereocenters. The molecular formula is C17H16ClF5N4O. The molecule has 1 aliphatic heterocycles. The number of pyridine rings is 2. The van der Waals surface area contributed by atoms with Crippen LogP contribution in [0.5, 0.6) is 0 Å². The van der Waals surface area contributed by atoms with E-state index in [4.69, 9.17) is 0 Å². The highest BCUT2D eigenvalue weighted by molar-refractivity contribution is 5.85. The summed E-state index contributed by atoms with van der Waals surface area (Å²) in [5, 5.41) is 5.25. The van der Waals surface area contributed by atoms with E-state index in [0.717, 1.165) is 18.2 Å². The molecule has 0 spiro atoms. The molecule has 152 valence electrons. The van der Waals surface area contributed by atoms with Gasteiger partial charge in [0.05, 0.1) is 29.5 Å². The third kappa shape index (κ3) is 5.35. The Hall–Kier alpha value is -2.33. The Morgan fingerprint density at radius 3 is 2.61 bits per heavy atom. The summed E-state index contributed by atoms with van der Waals surface area (Å²) in [5.41, 5.74) is -0.392. The van der Waals surface area contributed by atoms with Crippen LogP contribution in [0.2, 0.25) is 0 Å². The molecule has 2 N–H and O–H groups in total. The van der Waals surface area contributed by atoms with Gasteiger partial charge in [-0.05, 0) is 18.2 Å². The summed E-state index contributed by atoms with van der Waals surface area (Å²) in [6.45, 7) is -0.0145. The van der Waals surface area contributed by atoms with Crippen molar-refractivity contribution < 1.29 is 26.7 Å². The Morgan fingerprint density at radius 1 is 1.29 bits per heavy atom. The molecule has 11 heteroatoms. The third-order valence-corrected chi connectivity index (χ3v) is 4.07. The minimum absolute atomic E-state index is 0. The minimum atomic E-state index is -4.52. The maximum absolute atomic E-state index is 13.8. The summed E-state index contributed by atoms with van der Waals surface area (Å²) in [5.74, 6) is -1.29. The van der Waals surface area contributed by atoms with Crippen molar-refractivity contribution in [1.82, 2.24) is 20.6 Å². The van der Waals surface area contributed by atoms with Crippen molar-refractivity contribution in [2.24, 2.45) is 0 Å². The maximum atomic E-state index is 13.8. The Kier molecular flexibility index (Phi) is 6.89. The van der Waals surface area contributed by atoms with Crippen LogP contribution in [0.15, 0.2) is 30.5 Å². The SMILES string of the molecule is Cl.O=C(NCc1cc(-c2ccc(C(F)(F)F)cn2)cc(F)n1)[C@@H]1C[C@@H](F)CN1. The van der Waals surface area contributed by atoms with E-state index in [2.05, 4.69) is 20.6 Å². The quantitative estimate of drug-likeness (QED) is 0.587.